The predicted octanol–water partition coefficient (Wildman–Crippen LogP) is 2.91. The van der Waals surface area contributed by atoms with Crippen molar-refractivity contribution in [1.29, 1.82) is 0 Å². The lowest BCUT2D eigenvalue weighted by molar-refractivity contribution is 0.458. The lowest BCUT2D eigenvalue weighted by atomic mass is 10.1. The lowest BCUT2D eigenvalue weighted by Gasteiger charge is -2.33. The van der Waals surface area contributed by atoms with Gasteiger partial charge in [-0.2, -0.15) is 4.98 Å². The number of imidazole rings is 1. The van der Waals surface area contributed by atoms with E-state index < -0.39 is 5.69 Å². The van der Waals surface area contributed by atoms with Crippen LogP contribution in [0.25, 0.3) is 11.2 Å². The van der Waals surface area contributed by atoms with Crippen molar-refractivity contribution in [1.82, 2.24) is 18.7 Å². The zero-order valence-corrected chi connectivity index (χ0v) is 16.9. The molecule has 0 radical (unpaired) electrons. The van der Waals surface area contributed by atoms with Crippen LogP contribution < -0.4 is 16.1 Å². The molecule has 1 aliphatic rings. The van der Waals surface area contributed by atoms with Crippen LogP contribution in [0.1, 0.15) is 13.8 Å². The second-order valence-electron chi connectivity index (χ2n) is 7.58. The van der Waals surface area contributed by atoms with Gasteiger partial charge in [0, 0.05) is 30.8 Å². The highest BCUT2D eigenvalue weighted by atomic mass is 35.5. The summed E-state index contributed by atoms with van der Waals surface area (Å²) in [5.41, 5.74) is 1.76. The van der Waals surface area contributed by atoms with Crippen molar-refractivity contribution < 1.29 is 0 Å². The third-order valence-electron chi connectivity index (χ3n) is 4.99. The Morgan fingerprint density at radius 1 is 1.32 bits per heavy atom. The van der Waals surface area contributed by atoms with Crippen molar-refractivity contribution in [3.05, 3.63) is 62.3 Å². The Balaban J connectivity index is 2.02. The molecule has 0 N–H and O–H groups in total. The summed E-state index contributed by atoms with van der Waals surface area (Å²) in [5.74, 6) is 0.936. The van der Waals surface area contributed by atoms with Gasteiger partial charge in [-0.3, -0.25) is 13.9 Å². The molecule has 2 aromatic heterocycles. The highest BCUT2D eigenvalue weighted by molar-refractivity contribution is 6.30. The van der Waals surface area contributed by atoms with Gasteiger partial charge in [-0.25, -0.2) is 4.79 Å². The quantitative estimate of drug-likeness (QED) is 0.635. The third-order valence-corrected chi connectivity index (χ3v) is 5.23. The summed E-state index contributed by atoms with van der Waals surface area (Å²) >= 11 is 6.19. The molecule has 0 aliphatic carbocycles. The molecule has 3 heterocycles. The first-order chi connectivity index (χ1) is 13.3. The molecule has 0 bridgehead atoms. The van der Waals surface area contributed by atoms with Crippen LogP contribution in [0, 0.1) is 5.92 Å². The number of hydrogen-bond acceptors (Lipinski definition) is 4. The maximum absolute atomic E-state index is 13.2. The molecule has 8 heteroatoms. The fraction of sp³-hybridized carbons (Fsp3) is 0.350. The highest BCUT2D eigenvalue weighted by Crippen LogP contribution is 2.33. The number of fused-ring (bicyclic) bond motifs is 3. The number of halogens is 1. The standard InChI is InChI=1S/C20H22ClN5O2/c1-12(2)9-26-18(27)16-17(23(4)20(26)28)22-19-24(10-13(3)11-25(16)19)15-7-5-6-14(21)8-15/h5-8,13H,1,9-11H2,2-4H3/t13-/m1/s1. The Bertz CT molecular complexity index is 1220. The molecular weight excluding hydrogens is 378 g/mol. The molecule has 1 aromatic carbocycles. The fourth-order valence-corrected chi connectivity index (χ4v) is 3.96. The monoisotopic (exact) mass is 399 g/mol. The number of aromatic nitrogens is 4. The van der Waals surface area contributed by atoms with E-state index >= 15 is 0 Å². The number of anilines is 2. The fourth-order valence-electron chi connectivity index (χ4n) is 3.78. The van der Waals surface area contributed by atoms with Crippen LogP contribution in [0.4, 0.5) is 11.6 Å². The molecule has 0 saturated heterocycles. The maximum Gasteiger partial charge on any atom is 0.332 e. The molecule has 0 amide bonds. The summed E-state index contributed by atoms with van der Waals surface area (Å²) in [7, 11) is 1.64. The first-order valence-electron chi connectivity index (χ1n) is 9.15. The molecule has 146 valence electrons. The Labute approximate surface area is 167 Å². The van der Waals surface area contributed by atoms with Crippen LogP contribution in [-0.2, 0) is 20.1 Å². The molecule has 28 heavy (non-hydrogen) atoms. The molecule has 7 nitrogen and oxygen atoms in total. The number of rotatable bonds is 3. The van der Waals surface area contributed by atoms with E-state index in [1.54, 1.807) is 14.0 Å². The van der Waals surface area contributed by atoms with Crippen molar-refractivity contribution >= 4 is 34.4 Å². The van der Waals surface area contributed by atoms with Gasteiger partial charge in [0.2, 0.25) is 5.95 Å². The van der Waals surface area contributed by atoms with Gasteiger partial charge in [0.1, 0.15) is 0 Å². The molecule has 1 atom stereocenters. The molecule has 0 saturated carbocycles. The Kier molecular flexibility index (Phi) is 4.42. The second kappa shape index (κ2) is 6.67. The number of aryl methyl sites for hydroxylation is 1. The van der Waals surface area contributed by atoms with Gasteiger partial charge in [-0.05, 0) is 31.0 Å². The van der Waals surface area contributed by atoms with Gasteiger partial charge >= 0.3 is 5.69 Å². The van der Waals surface area contributed by atoms with Crippen LogP contribution in [0.3, 0.4) is 0 Å². The van der Waals surface area contributed by atoms with Gasteiger partial charge in [0.05, 0.1) is 6.54 Å². The van der Waals surface area contributed by atoms with E-state index in [0.29, 0.717) is 28.7 Å². The van der Waals surface area contributed by atoms with Crippen LogP contribution in [0.5, 0.6) is 0 Å². The Morgan fingerprint density at radius 3 is 2.75 bits per heavy atom. The Hall–Kier alpha value is -2.80. The zero-order valence-electron chi connectivity index (χ0n) is 16.1. The van der Waals surface area contributed by atoms with Crippen molar-refractivity contribution in [2.75, 3.05) is 11.4 Å². The number of nitrogens with zero attached hydrogens (tertiary/aromatic N) is 5. The first kappa shape index (κ1) is 18.6. The lowest BCUT2D eigenvalue weighted by Crippen LogP contribution is -2.40. The zero-order chi connectivity index (χ0) is 20.2. The van der Waals surface area contributed by atoms with Crippen LogP contribution in [-0.4, -0.2) is 25.2 Å². The molecule has 0 unspecified atom stereocenters. The van der Waals surface area contributed by atoms with E-state index in [1.807, 2.05) is 33.7 Å². The maximum atomic E-state index is 13.2. The largest absolute Gasteiger partial charge is 0.332 e. The smallest absolute Gasteiger partial charge is 0.312 e. The summed E-state index contributed by atoms with van der Waals surface area (Å²) < 4.78 is 4.58. The molecule has 1 aliphatic heterocycles. The molecule has 4 rings (SSSR count). The number of allylic oxidation sites excluding steroid dienone is 1. The molecule has 3 aromatic rings. The van der Waals surface area contributed by atoms with Crippen molar-refractivity contribution in [2.24, 2.45) is 13.0 Å². The second-order valence-corrected chi connectivity index (χ2v) is 8.02. The Morgan fingerprint density at radius 2 is 2.07 bits per heavy atom. The summed E-state index contributed by atoms with van der Waals surface area (Å²) in [5, 5.41) is 0.634. The molecule has 0 spiro atoms. The van der Waals surface area contributed by atoms with E-state index in [9.17, 15) is 9.59 Å². The van der Waals surface area contributed by atoms with Gasteiger partial charge < -0.3 is 9.47 Å². The van der Waals surface area contributed by atoms with E-state index in [0.717, 1.165) is 17.8 Å². The van der Waals surface area contributed by atoms with Gasteiger partial charge in [-0.15, -0.1) is 0 Å². The van der Waals surface area contributed by atoms with Crippen LogP contribution in [0.15, 0.2) is 46.0 Å². The summed E-state index contributed by atoms with van der Waals surface area (Å²) in [4.78, 5) is 32.6. The van der Waals surface area contributed by atoms with Gasteiger partial charge in [0.15, 0.2) is 11.2 Å². The molecule has 0 fully saturated rings. The minimum absolute atomic E-state index is 0.190. The minimum Gasteiger partial charge on any atom is -0.312 e. The average Bonchev–Trinajstić information content (AvgIpc) is 3.02. The van der Waals surface area contributed by atoms with Crippen molar-refractivity contribution in [3.63, 3.8) is 0 Å². The van der Waals surface area contributed by atoms with E-state index in [4.69, 9.17) is 11.6 Å². The predicted molar refractivity (Wildman–Crippen MR) is 112 cm³/mol. The minimum atomic E-state index is -0.390. The van der Waals surface area contributed by atoms with E-state index in [-0.39, 0.29) is 18.0 Å². The summed E-state index contributed by atoms with van der Waals surface area (Å²) in [6.07, 6.45) is 0. The number of hydrogen-bond donors (Lipinski definition) is 0. The summed E-state index contributed by atoms with van der Waals surface area (Å²) in [6.45, 7) is 9.35. The van der Waals surface area contributed by atoms with Crippen molar-refractivity contribution in [2.45, 2.75) is 26.9 Å². The highest BCUT2D eigenvalue weighted by Gasteiger charge is 2.29. The normalized spacial score (nSPS) is 16.4. The number of benzene rings is 1. The van der Waals surface area contributed by atoms with Crippen LogP contribution in [0.2, 0.25) is 5.02 Å². The average molecular weight is 400 g/mol. The SMILES string of the molecule is C=C(C)Cn1c(=O)c2c(nc3n2C[C@H](C)CN3c2cccc(Cl)c2)n(C)c1=O. The van der Waals surface area contributed by atoms with Gasteiger partial charge in [-0.1, -0.05) is 36.7 Å². The molecular formula is C20H22ClN5O2. The first-order valence-corrected chi connectivity index (χ1v) is 9.53. The van der Waals surface area contributed by atoms with Crippen LogP contribution >= 0.6 is 11.6 Å². The topological polar surface area (TPSA) is 65.1 Å². The summed E-state index contributed by atoms with van der Waals surface area (Å²) in [6, 6.07) is 7.55. The van der Waals surface area contributed by atoms with E-state index in [1.165, 1.54) is 9.13 Å². The van der Waals surface area contributed by atoms with E-state index in [2.05, 4.69) is 18.5 Å². The third kappa shape index (κ3) is 2.86. The van der Waals surface area contributed by atoms with Crippen molar-refractivity contribution in [3.8, 4) is 0 Å². The van der Waals surface area contributed by atoms with Gasteiger partial charge in [0.25, 0.3) is 5.56 Å².